The zero-order valence-corrected chi connectivity index (χ0v) is 24.4. The SMILES string of the molecule is Cc1n[nH]c(C)c1-c1c(-c2cccc(-c3ccc(C(=O)O)cc3Cl)c2)n(Sc2ccc(C(F)F)cc2)c2ccc(F)cc12. The molecule has 2 N–H and O–H groups in total. The number of carbonyl (C=O) groups is 1. The average Bonchev–Trinajstić information content (AvgIpc) is 3.47. The molecule has 0 aliphatic heterocycles. The molecule has 0 fully saturated rings. The fourth-order valence-electron chi connectivity index (χ4n) is 5.26. The minimum Gasteiger partial charge on any atom is -0.478 e. The van der Waals surface area contributed by atoms with Gasteiger partial charge in [-0.25, -0.2) is 18.0 Å². The number of aromatic nitrogens is 3. The Morgan fingerprint density at radius 2 is 1.70 bits per heavy atom. The van der Waals surface area contributed by atoms with E-state index in [9.17, 15) is 23.1 Å². The van der Waals surface area contributed by atoms with Crippen molar-refractivity contribution < 1.29 is 23.1 Å². The molecule has 0 spiro atoms. The smallest absolute Gasteiger partial charge is 0.335 e. The summed E-state index contributed by atoms with van der Waals surface area (Å²) in [4.78, 5) is 12.2. The lowest BCUT2D eigenvalue weighted by molar-refractivity contribution is 0.0697. The van der Waals surface area contributed by atoms with Crippen LogP contribution in [0.5, 0.6) is 0 Å². The van der Waals surface area contributed by atoms with E-state index < -0.39 is 18.2 Å². The number of aryl methyl sites for hydroxylation is 2. The summed E-state index contributed by atoms with van der Waals surface area (Å²) in [6.07, 6.45) is -2.58. The summed E-state index contributed by atoms with van der Waals surface area (Å²) in [6.45, 7) is 3.78. The second-order valence-corrected chi connectivity index (χ2v) is 11.5. The molecule has 0 bridgehead atoms. The second kappa shape index (κ2) is 11.3. The van der Waals surface area contributed by atoms with Gasteiger partial charge in [0.25, 0.3) is 6.43 Å². The maximum atomic E-state index is 14.8. The number of H-pyrrole nitrogens is 1. The van der Waals surface area contributed by atoms with E-state index in [0.717, 1.165) is 44.9 Å². The molecule has 0 aliphatic carbocycles. The zero-order valence-electron chi connectivity index (χ0n) is 22.8. The Bertz CT molecular complexity index is 2000. The summed E-state index contributed by atoms with van der Waals surface area (Å²) in [6, 6.07) is 22.8. The van der Waals surface area contributed by atoms with Crippen LogP contribution >= 0.6 is 23.5 Å². The average molecular weight is 618 g/mol. The molecule has 0 saturated carbocycles. The van der Waals surface area contributed by atoms with Gasteiger partial charge in [0, 0.05) is 48.8 Å². The maximum absolute atomic E-state index is 14.8. The normalized spacial score (nSPS) is 11.5. The fourth-order valence-corrected chi connectivity index (χ4v) is 6.56. The molecule has 6 rings (SSSR count). The van der Waals surface area contributed by atoms with Gasteiger partial charge in [-0.3, -0.25) is 9.07 Å². The van der Waals surface area contributed by atoms with Crippen molar-refractivity contribution >= 4 is 40.4 Å². The van der Waals surface area contributed by atoms with Crippen molar-refractivity contribution in [3.63, 3.8) is 0 Å². The number of alkyl halides is 2. The van der Waals surface area contributed by atoms with Gasteiger partial charge in [0.15, 0.2) is 0 Å². The molecular formula is C33H23ClF3N3O2S. The van der Waals surface area contributed by atoms with E-state index in [2.05, 4.69) is 10.2 Å². The Labute approximate surface area is 254 Å². The molecule has 6 aromatic rings. The molecule has 4 aromatic carbocycles. The number of benzene rings is 4. The molecule has 0 amide bonds. The Kier molecular flexibility index (Phi) is 7.54. The van der Waals surface area contributed by atoms with Crippen LogP contribution in [0, 0.1) is 19.7 Å². The van der Waals surface area contributed by atoms with Gasteiger partial charge in [0.05, 0.1) is 22.5 Å². The number of hydrogen-bond acceptors (Lipinski definition) is 3. The van der Waals surface area contributed by atoms with E-state index in [4.69, 9.17) is 11.6 Å². The van der Waals surface area contributed by atoms with Crippen LogP contribution in [0.4, 0.5) is 13.2 Å². The van der Waals surface area contributed by atoms with Gasteiger partial charge in [-0.1, -0.05) is 48.0 Å². The van der Waals surface area contributed by atoms with Crippen molar-refractivity contribution in [2.24, 2.45) is 0 Å². The number of carboxylic acids is 1. The maximum Gasteiger partial charge on any atom is 0.335 e. The summed E-state index contributed by atoms with van der Waals surface area (Å²) in [7, 11) is 0. The lowest BCUT2D eigenvalue weighted by atomic mass is 9.95. The van der Waals surface area contributed by atoms with Gasteiger partial charge in [-0.15, -0.1) is 0 Å². The summed E-state index contributed by atoms with van der Waals surface area (Å²) >= 11 is 7.87. The Balaban J connectivity index is 1.62. The van der Waals surface area contributed by atoms with Gasteiger partial charge >= 0.3 is 5.97 Å². The van der Waals surface area contributed by atoms with Crippen molar-refractivity contribution in [3.05, 3.63) is 118 Å². The van der Waals surface area contributed by atoms with Crippen LogP contribution in [0.25, 0.3) is 44.4 Å². The highest BCUT2D eigenvalue weighted by Crippen LogP contribution is 2.47. The number of aromatic carboxylic acids is 1. The summed E-state index contributed by atoms with van der Waals surface area (Å²) < 4.78 is 43.3. The monoisotopic (exact) mass is 617 g/mol. The summed E-state index contributed by atoms with van der Waals surface area (Å²) in [5.74, 6) is -1.48. The van der Waals surface area contributed by atoms with Crippen molar-refractivity contribution in [2.45, 2.75) is 25.2 Å². The minimum absolute atomic E-state index is 0.0761. The van der Waals surface area contributed by atoms with Crippen molar-refractivity contribution in [3.8, 4) is 33.5 Å². The lowest BCUT2D eigenvalue weighted by Gasteiger charge is -2.14. The number of halogens is 4. The number of rotatable bonds is 7. The van der Waals surface area contributed by atoms with Gasteiger partial charge in [-0.2, -0.15) is 5.10 Å². The van der Waals surface area contributed by atoms with Crippen molar-refractivity contribution in [1.29, 1.82) is 0 Å². The molecule has 0 atom stereocenters. The molecule has 43 heavy (non-hydrogen) atoms. The van der Waals surface area contributed by atoms with E-state index >= 15 is 0 Å². The van der Waals surface area contributed by atoms with E-state index in [1.54, 1.807) is 24.3 Å². The van der Waals surface area contributed by atoms with Crippen LogP contribution in [-0.2, 0) is 0 Å². The fraction of sp³-hybridized carbons (Fsp3) is 0.0909. The first-order valence-corrected chi connectivity index (χ1v) is 14.3. The quantitative estimate of drug-likeness (QED) is 0.187. The molecule has 2 aromatic heterocycles. The highest BCUT2D eigenvalue weighted by atomic mass is 35.5. The van der Waals surface area contributed by atoms with Crippen LogP contribution in [0.3, 0.4) is 0 Å². The highest BCUT2D eigenvalue weighted by molar-refractivity contribution is 7.98. The molecule has 216 valence electrons. The van der Waals surface area contributed by atoms with Crippen molar-refractivity contribution in [1.82, 2.24) is 14.2 Å². The predicted molar refractivity (Wildman–Crippen MR) is 164 cm³/mol. The first-order valence-electron chi connectivity index (χ1n) is 13.2. The Morgan fingerprint density at radius 1 is 0.953 bits per heavy atom. The van der Waals surface area contributed by atoms with E-state index in [0.29, 0.717) is 15.8 Å². The van der Waals surface area contributed by atoms with Gasteiger partial charge in [-0.05, 0) is 79.9 Å². The third-order valence-electron chi connectivity index (χ3n) is 7.26. The number of hydrogen-bond donors (Lipinski definition) is 2. The third kappa shape index (κ3) is 5.30. The van der Waals surface area contributed by atoms with E-state index in [-0.39, 0.29) is 16.1 Å². The molecule has 10 heteroatoms. The van der Waals surface area contributed by atoms with Crippen LogP contribution in [0.1, 0.15) is 33.7 Å². The molecule has 0 saturated heterocycles. The summed E-state index contributed by atoms with van der Waals surface area (Å²) in [5.41, 5.74) is 6.77. The van der Waals surface area contributed by atoms with Gasteiger partial charge < -0.3 is 5.11 Å². The standard InChI is InChI=1S/C33H23ClF3N3O2S/c1-17-29(18(2)39-38-17)30-26-16-23(35)9-13-28(26)40(43-24-10-6-19(7-11-24)32(36)37)31(30)21-5-3-4-20(14-21)25-12-8-22(33(41)42)15-27(25)34/h3-16,32H,1-2H3,(H,38,39)(H,41,42). The number of nitrogens with zero attached hydrogens (tertiary/aromatic N) is 2. The number of aromatic amines is 1. The molecule has 0 aliphatic rings. The number of fused-ring (bicyclic) bond motifs is 1. The molecule has 0 unspecified atom stereocenters. The van der Waals surface area contributed by atoms with Gasteiger partial charge in [0.2, 0.25) is 0 Å². The van der Waals surface area contributed by atoms with Crippen LogP contribution in [0.2, 0.25) is 5.02 Å². The molecule has 2 heterocycles. The van der Waals surface area contributed by atoms with Crippen molar-refractivity contribution in [2.75, 3.05) is 0 Å². The lowest BCUT2D eigenvalue weighted by Crippen LogP contribution is -1.96. The summed E-state index contributed by atoms with van der Waals surface area (Å²) in [5, 5.41) is 17.8. The van der Waals surface area contributed by atoms with Crippen LogP contribution < -0.4 is 0 Å². The largest absolute Gasteiger partial charge is 0.478 e. The topological polar surface area (TPSA) is 70.9 Å². The second-order valence-electron chi connectivity index (χ2n) is 10.0. The first kappa shape index (κ1) is 28.6. The van der Waals surface area contributed by atoms with Crippen LogP contribution in [0.15, 0.2) is 89.8 Å². The number of nitrogens with one attached hydrogen (secondary N) is 1. The molecular weight excluding hydrogens is 595 g/mol. The predicted octanol–water partition coefficient (Wildman–Crippen LogP) is 9.97. The Morgan fingerprint density at radius 3 is 2.35 bits per heavy atom. The Hall–Kier alpha value is -4.47. The van der Waals surface area contributed by atoms with E-state index in [1.807, 2.05) is 42.1 Å². The molecule has 5 nitrogen and oxygen atoms in total. The first-order chi connectivity index (χ1) is 20.6. The van der Waals surface area contributed by atoms with Crippen LogP contribution in [-0.4, -0.2) is 25.2 Å². The highest BCUT2D eigenvalue weighted by Gasteiger charge is 2.25. The van der Waals surface area contributed by atoms with Gasteiger partial charge in [0.1, 0.15) is 5.82 Å². The molecule has 0 radical (unpaired) electrons. The number of carboxylic acid groups (broad SMARTS) is 1. The minimum atomic E-state index is -2.58. The van der Waals surface area contributed by atoms with E-state index in [1.165, 1.54) is 48.3 Å². The third-order valence-corrected chi connectivity index (χ3v) is 8.61. The zero-order chi connectivity index (χ0) is 30.4.